The largest absolute Gasteiger partial charge is 0.353 e. The Hall–Kier alpha value is -4.60. The van der Waals surface area contributed by atoms with Crippen LogP contribution in [0.1, 0.15) is 42.3 Å². The number of piperazine rings is 1. The summed E-state index contributed by atoms with van der Waals surface area (Å²) in [5.41, 5.74) is 2.96. The van der Waals surface area contributed by atoms with E-state index in [4.69, 9.17) is 0 Å². The minimum absolute atomic E-state index is 0.0735. The SMILES string of the molecule is Cc1cc(N2CCN(C(=O)c3cccc(CN4C(=O)c5ccccc5C4=O)c3)CC2)n2ncnc2n1. The number of hydrogen-bond acceptors (Lipinski definition) is 7. The van der Waals surface area contributed by atoms with Gasteiger partial charge in [-0.2, -0.15) is 14.6 Å². The molecule has 10 heteroatoms. The van der Waals surface area contributed by atoms with Gasteiger partial charge in [-0.25, -0.2) is 4.98 Å². The second-order valence-corrected chi connectivity index (χ2v) is 8.95. The van der Waals surface area contributed by atoms with Crippen LogP contribution in [-0.2, 0) is 6.54 Å². The lowest BCUT2D eigenvalue weighted by atomic mass is 10.1. The molecule has 0 spiro atoms. The highest BCUT2D eigenvalue weighted by Crippen LogP contribution is 2.25. The first-order valence-electron chi connectivity index (χ1n) is 11.8. The molecule has 2 aromatic carbocycles. The summed E-state index contributed by atoms with van der Waals surface area (Å²) in [6, 6.07) is 15.9. The van der Waals surface area contributed by atoms with Gasteiger partial charge < -0.3 is 9.80 Å². The topological polar surface area (TPSA) is 104 Å². The first-order valence-corrected chi connectivity index (χ1v) is 11.8. The molecule has 4 aromatic rings. The molecule has 6 rings (SSSR count). The second-order valence-electron chi connectivity index (χ2n) is 8.95. The average molecular weight is 482 g/mol. The molecule has 4 heterocycles. The Balaban J connectivity index is 1.15. The van der Waals surface area contributed by atoms with E-state index in [1.165, 1.54) is 11.2 Å². The van der Waals surface area contributed by atoms with Crippen molar-refractivity contribution in [1.29, 1.82) is 0 Å². The fourth-order valence-electron chi connectivity index (χ4n) is 4.83. The summed E-state index contributed by atoms with van der Waals surface area (Å²) in [5, 5.41) is 4.28. The standard InChI is InChI=1S/C26H23N7O3/c1-17-13-22(33-26(29-17)27-16-28-33)30-9-11-31(12-10-30)23(34)19-6-4-5-18(14-19)15-32-24(35)20-7-2-3-8-21(20)25(32)36/h2-8,13-14,16H,9-12,15H2,1H3. The van der Waals surface area contributed by atoms with Gasteiger partial charge in [-0.05, 0) is 36.8 Å². The predicted molar refractivity (Wildman–Crippen MR) is 131 cm³/mol. The van der Waals surface area contributed by atoms with Gasteiger partial charge in [0.05, 0.1) is 17.7 Å². The van der Waals surface area contributed by atoms with Crippen LogP contribution in [0.3, 0.4) is 0 Å². The molecule has 36 heavy (non-hydrogen) atoms. The highest BCUT2D eigenvalue weighted by Gasteiger charge is 2.35. The van der Waals surface area contributed by atoms with Crippen LogP contribution in [0.15, 0.2) is 60.9 Å². The number of aryl methyl sites for hydroxylation is 1. The van der Waals surface area contributed by atoms with Gasteiger partial charge in [0.15, 0.2) is 0 Å². The lowest BCUT2D eigenvalue weighted by Gasteiger charge is -2.36. The van der Waals surface area contributed by atoms with E-state index < -0.39 is 0 Å². The number of hydrogen-bond donors (Lipinski definition) is 0. The van der Waals surface area contributed by atoms with Crippen LogP contribution in [0.4, 0.5) is 5.82 Å². The summed E-state index contributed by atoms with van der Waals surface area (Å²) >= 11 is 0. The Bertz CT molecular complexity index is 1490. The van der Waals surface area contributed by atoms with Crippen molar-refractivity contribution in [2.45, 2.75) is 13.5 Å². The lowest BCUT2D eigenvalue weighted by molar-refractivity contribution is 0.0642. The summed E-state index contributed by atoms with van der Waals surface area (Å²) in [6.45, 7) is 4.46. The summed E-state index contributed by atoms with van der Waals surface area (Å²) in [5.74, 6) is 0.770. The number of amides is 3. The minimum atomic E-state index is -0.309. The van der Waals surface area contributed by atoms with Crippen molar-refractivity contribution in [3.8, 4) is 0 Å². The quantitative estimate of drug-likeness (QED) is 0.412. The van der Waals surface area contributed by atoms with Crippen molar-refractivity contribution in [3.05, 3.63) is 88.9 Å². The van der Waals surface area contributed by atoms with Gasteiger partial charge in [0.2, 0.25) is 0 Å². The molecule has 0 unspecified atom stereocenters. The first-order chi connectivity index (χ1) is 17.5. The molecule has 2 aromatic heterocycles. The number of anilines is 1. The van der Waals surface area contributed by atoms with Gasteiger partial charge in [0.1, 0.15) is 12.1 Å². The first kappa shape index (κ1) is 21.9. The number of fused-ring (bicyclic) bond motifs is 2. The summed E-state index contributed by atoms with van der Waals surface area (Å²) in [6.07, 6.45) is 1.49. The molecule has 10 nitrogen and oxygen atoms in total. The molecule has 0 aliphatic carbocycles. The van der Waals surface area contributed by atoms with Gasteiger partial charge in [-0.1, -0.05) is 24.3 Å². The molecule has 2 aliphatic heterocycles. The van der Waals surface area contributed by atoms with Crippen LogP contribution >= 0.6 is 0 Å². The van der Waals surface area contributed by atoms with E-state index in [-0.39, 0.29) is 24.3 Å². The molecule has 3 amide bonds. The van der Waals surface area contributed by atoms with Crippen LogP contribution in [-0.4, -0.2) is 73.3 Å². The molecular weight excluding hydrogens is 458 g/mol. The van der Waals surface area contributed by atoms with E-state index in [9.17, 15) is 14.4 Å². The van der Waals surface area contributed by atoms with E-state index in [0.29, 0.717) is 48.6 Å². The van der Waals surface area contributed by atoms with Gasteiger partial charge in [0.25, 0.3) is 23.5 Å². The third-order valence-corrected chi connectivity index (χ3v) is 6.64. The highest BCUT2D eigenvalue weighted by molar-refractivity contribution is 6.21. The van der Waals surface area contributed by atoms with Gasteiger partial charge in [-0.3, -0.25) is 19.3 Å². The van der Waals surface area contributed by atoms with E-state index in [1.54, 1.807) is 47.0 Å². The zero-order valence-corrected chi connectivity index (χ0v) is 19.7. The van der Waals surface area contributed by atoms with Crippen LogP contribution < -0.4 is 4.90 Å². The zero-order valence-electron chi connectivity index (χ0n) is 19.7. The number of carbonyl (C=O) groups excluding carboxylic acids is 3. The minimum Gasteiger partial charge on any atom is -0.353 e. The van der Waals surface area contributed by atoms with Gasteiger partial charge in [0, 0.05) is 43.5 Å². The van der Waals surface area contributed by atoms with Gasteiger partial charge in [-0.15, -0.1) is 0 Å². The molecule has 1 fully saturated rings. The van der Waals surface area contributed by atoms with E-state index in [1.807, 2.05) is 24.0 Å². The van der Waals surface area contributed by atoms with Crippen LogP contribution in [0.25, 0.3) is 5.78 Å². The number of carbonyl (C=O) groups is 3. The number of aromatic nitrogens is 4. The molecule has 0 radical (unpaired) electrons. The summed E-state index contributed by atoms with van der Waals surface area (Å²) < 4.78 is 1.72. The molecule has 1 saturated heterocycles. The molecule has 0 bridgehead atoms. The summed E-state index contributed by atoms with van der Waals surface area (Å²) in [4.78, 5) is 52.5. The molecule has 0 atom stereocenters. The van der Waals surface area contributed by atoms with Crippen molar-refractivity contribution in [2.24, 2.45) is 0 Å². The second kappa shape index (κ2) is 8.56. The molecule has 0 N–H and O–H groups in total. The maximum atomic E-state index is 13.3. The van der Waals surface area contributed by atoms with Crippen LogP contribution in [0, 0.1) is 6.92 Å². The van der Waals surface area contributed by atoms with Crippen molar-refractivity contribution < 1.29 is 14.4 Å². The summed E-state index contributed by atoms with van der Waals surface area (Å²) in [7, 11) is 0. The third-order valence-electron chi connectivity index (χ3n) is 6.64. The monoisotopic (exact) mass is 481 g/mol. The Labute approximate surface area is 206 Å². The molecule has 2 aliphatic rings. The average Bonchev–Trinajstić information content (AvgIpc) is 3.47. The smallest absolute Gasteiger partial charge is 0.261 e. The Morgan fingerprint density at radius 2 is 1.64 bits per heavy atom. The highest BCUT2D eigenvalue weighted by atomic mass is 16.2. The van der Waals surface area contributed by atoms with Crippen molar-refractivity contribution >= 4 is 29.3 Å². The van der Waals surface area contributed by atoms with E-state index in [0.717, 1.165) is 17.1 Å². The van der Waals surface area contributed by atoms with Crippen LogP contribution in [0.2, 0.25) is 0 Å². The molecule has 180 valence electrons. The van der Waals surface area contributed by atoms with Gasteiger partial charge >= 0.3 is 0 Å². The fourth-order valence-corrected chi connectivity index (χ4v) is 4.83. The van der Waals surface area contributed by atoms with Crippen molar-refractivity contribution in [2.75, 3.05) is 31.1 Å². The van der Waals surface area contributed by atoms with Crippen LogP contribution in [0.5, 0.6) is 0 Å². The Morgan fingerprint density at radius 1 is 0.917 bits per heavy atom. The normalized spacial score (nSPS) is 15.6. The molecule has 0 saturated carbocycles. The van der Waals surface area contributed by atoms with E-state index in [2.05, 4.69) is 20.0 Å². The van der Waals surface area contributed by atoms with Crippen molar-refractivity contribution in [1.82, 2.24) is 29.4 Å². The van der Waals surface area contributed by atoms with E-state index >= 15 is 0 Å². The number of nitrogens with zero attached hydrogens (tertiary/aromatic N) is 7. The molecular formula is C26H23N7O3. The number of rotatable bonds is 4. The number of imide groups is 1. The Morgan fingerprint density at radius 3 is 2.36 bits per heavy atom. The zero-order chi connectivity index (χ0) is 24.8. The lowest BCUT2D eigenvalue weighted by Crippen LogP contribution is -2.49. The van der Waals surface area contributed by atoms with Crippen molar-refractivity contribution in [3.63, 3.8) is 0 Å². The third kappa shape index (κ3) is 3.67. The number of benzene rings is 2. The maximum absolute atomic E-state index is 13.3. The Kier molecular flexibility index (Phi) is 5.21. The predicted octanol–water partition coefficient (Wildman–Crippen LogP) is 2.19. The fraction of sp³-hybridized carbons (Fsp3) is 0.231. The maximum Gasteiger partial charge on any atom is 0.261 e.